The van der Waals surface area contributed by atoms with Crippen LogP contribution in [0.1, 0.15) is 31.2 Å². The van der Waals surface area contributed by atoms with E-state index in [1.807, 2.05) is 30.3 Å². The fourth-order valence-electron chi connectivity index (χ4n) is 3.52. The number of carbonyl (C=O) groups is 3. The maximum Gasteiger partial charge on any atom is 0.410 e. The Balaban J connectivity index is 1.62. The molecule has 0 saturated carbocycles. The fourth-order valence-corrected chi connectivity index (χ4v) is 3.52. The van der Waals surface area contributed by atoms with E-state index in [-0.39, 0.29) is 12.5 Å². The number of carbonyl (C=O) groups excluding carboxylic acids is 2. The molecule has 3 rings (SSSR count). The summed E-state index contributed by atoms with van der Waals surface area (Å²) in [6.45, 7) is 1.04. The lowest BCUT2D eigenvalue weighted by Crippen LogP contribution is -2.51. The summed E-state index contributed by atoms with van der Waals surface area (Å²) >= 11 is 0. The molecule has 0 spiro atoms. The summed E-state index contributed by atoms with van der Waals surface area (Å²) in [7, 11) is 0. The van der Waals surface area contributed by atoms with Gasteiger partial charge < -0.3 is 14.7 Å². The van der Waals surface area contributed by atoms with Gasteiger partial charge in [0.1, 0.15) is 18.7 Å². The number of benzene rings is 1. The maximum absolute atomic E-state index is 12.8. The smallest absolute Gasteiger partial charge is 0.410 e. The Labute approximate surface area is 146 Å². The van der Waals surface area contributed by atoms with E-state index in [1.165, 1.54) is 9.80 Å². The van der Waals surface area contributed by atoms with Crippen molar-refractivity contribution in [2.24, 2.45) is 0 Å². The molecule has 0 aromatic heterocycles. The van der Waals surface area contributed by atoms with Gasteiger partial charge in [0.15, 0.2) is 0 Å². The highest BCUT2D eigenvalue weighted by atomic mass is 16.6. The quantitative estimate of drug-likeness (QED) is 0.899. The number of amides is 2. The van der Waals surface area contributed by atoms with E-state index in [2.05, 4.69) is 0 Å². The molecule has 2 atom stereocenters. The van der Waals surface area contributed by atoms with Crippen molar-refractivity contribution in [3.8, 4) is 0 Å². The normalized spacial score (nSPS) is 22.9. The van der Waals surface area contributed by atoms with E-state index in [9.17, 15) is 19.5 Å². The summed E-state index contributed by atoms with van der Waals surface area (Å²) in [5, 5.41) is 9.26. The van der Waals surface area contributed by atoms with Crippen LogP contribution in [0.5, 0.6) is 0 Å². The van der Waals surface area contributed by atoms with E-state index in [0.29, 0.717) is 38.8 Å². The Kier molecular flexibility index (Phi) is 5.21. The molecule has 0 aliphatic carbocycles. The summed E-state index contributed by atoms with van der Waals surface area (Å²) in [6, 6.07) is 7.94. The summed E-state index contributed by atoms with van der Waals surface area (Å²) in [4.78, 5) is 39.3. The number of likely N-dealkylation sites (tertiary alicyclic amines) is 2. The van der Waals surface area contributed by atoms with Crippen molar-refractivity contribution in [3.05, 3.63) is 35.9 Å². The van der Waals surface area contributed by atoms with Crippen LogP contribution in [0.15, 0.2) is 30.3 Å². The lowest BCUT2D eigenvalue weighted by Gasteiger charge is -2.29. The molecule has 2 amide bonds. The summed E-state index contributed by atoms with van der Waals surface area (Å²) in [5.74, 6) is -1.26. The van der Waals surface area contributed by atoms with Crippen molar-refractivity contribution in [1.29, 1.82) is 0 Å². The molecule has 2 aliphatic heterocycles. The zero-order valence-corrected chi connectivity index (χ0v) is 14.0. The molecule has 2 saturated heterocycles. The van der Waals surface area contributed by atoms with Crippen molar-refractivity contribution in [2.75, 3.05) is 13.1 Å². The highest BCUT2D eigenvalue weighted by Crippen LogP contribution is 2.25. The number of aliphatic carboxylic acids is 1. The first-order valence-electron chi connectivity index (χ1n) is 8.58. The van der Waals surface area contributed by atoms with Crippen LogP contribution in [0.2, 0.25) is 0 Å². The van der Waals surface area contributed by atoms with E-state index >= 15 is 0 Å². The molecular weight excluding hydrogens is 324 g/mol. The largest absolute Gasteiger partial charge is 0.480 e. The molecule has 0 bridgehead atoms. The van der Waals surface area contributed by atoms with Gasteiger partial charge in [-0.2, -0.15) is 0 Å². The number of nitrogens with zero attached hydrogens (tertiary/aromatic N) is 2. The van der Waals surface area contributed by atoms with Crippen LogP contribution in [0.4, 0.5) is 4.79 Å². The van der Waals surface area contributed by atoms with Gasteiger partial charge in [-0.1, -0.05) is 30.3 Å². The number of carboxylic acids is 1. The van der Waals surface area contributed by atoms with Gasteiger partial charge in [-0.05, 0) is 31.2 Å². The van der Waals surface area contributed by atoms with Gasteiger partial charge in [-0.25, -0.2) is 9.59 Å². The topological polar surface area (TPSA) is 87.2 Å². The second kappa shape index (κ2) is 7.55. The Morgan fingerprint density at radius 1 is 1.00 bits per heavy atom. The molecule has 134 valence electrons. The van der Waals surface area contributed by atoms with Crippen LogP contribution in [-0.2, 0) is 20.9 Å². The van der Waals surface area contributed by atoms with Crippen molar-refractivity contribution in [3.63, 3.8) is 0 Å². The minimum absolute atomic E-state index is 0.151. The Hall–Kier alpha value is -2.57. The van der Waals surface area contributed by atoms with Crippen LogP contribution in [0.3, 0.4) is 0 Å². The third-order valence-electron chi connectivity index (χ3n) is 4.80. The Morgan fingerprint density at radius 3 is 2.32 bits per heavy atom. The molecule has 1 aromatic carbocycles. The lowest BCUT2D eigenvalue weighted by molar-refractivity contribution is -0.149. The van der Waals surface area contributed by atoms with E-state index < -0.39 is 24.1 Å². The van der Waals surface area contributed by atoms with E-state index in [4.69, 9.17) is 4.74 Å². The van der Waals surface area contributed by atoms with Gasteiger partial charge in [0.2, 0.25) is 5.91 Å². The second-order valence-electron chi connectivity index (χ2n) is 6.42. The summed E-state index contributed by atoms with van der Waals surface area (Å²) in [6.07, 6.45) is 1.87. The zero-order chi connectivity index (χ0) is 17.8. The SMILES string of the molecule is O=C(O)[C@@H]1CCCN1C(=O)[C@H]1CCCN1C(=O)OCc1ccccc1. The second-order valence-corrected chi connectivity index (χ2v) is 6.42. The maximum atomic E-state index is 12.8. The van der Waals surface area contributed by atoms with Crippen LogP contribution >= 0.6 is 0 Å². The first kappa shape index (κ1) is 17.3. The van der Waals surface area contributed by atoms with Gasteiger partial charge in [0.05, 0.1) is 0 Å². The molecule has 2 heterocycles. The standard InChI is InChI=1S/C18H22N2O5/c21-16(19-10-5-9-15(19)17(22)23)14-8-4-11-20(14)18(24)25-12-13-6-2-1-3-7-13/h1-3,6-7,14-15H,4-5,8-12H2,(H,22,23)/t14-,15+/m1/s1. The van der Waals surface area contributed by atoms with Crippen molar-refractivity contribution >= 4 is 18.0 Å². The minimum Gasteiger partial charge on any atom is -0.480 e. The summed E-state index contributed by atoms with van der Waals surface area (Å²) < 4.78 is 5.33. The highest BCUT2D eigenvalue weighted by Gasteiger charge is 2.42. The zero-order valence-electron chi connectivity index (χ0n) is 14.0. The van der Waals surface area contributed by atoms with Gasteiger partial charge in [-0.3, -0.25) is 9.69 Å². The van der Waals surface area contributed by atoms with Crippen molar-refractivity contribution in [1.82, 2.24) is 9.80 Å². The van der Waals surface area contributed by atoms with E-state index in [0.717, 1.165) is 5.56 Å². The molecule has 2 aliphatic rings. The number of rotatable bonds is 4. The van der Waals surface area contributed by atoms with E-state index in [1.54, 1.807) is 0 Å². The third kappa shape index (κ3) is 3.75. The molecule has 7 nitrogen and oxygen atoms in total. The molecule has 2 fully saturated rings. The minimum atomic E-state index is -0.984. The third-order valence-corrected chi connectivity index (χ3v) is 4.80. The number of hydrogen-bond donors (Lipinski definition) is 1. The molecule has 0 unspecified atom stereocenters. The van der Waals surface area contributed by atoms with Gasteiger partial charge in [0.25, 0.3) is 0 Å². The summed E-state index contributed by atoms with van der Waals surface area (Å²) in [5.41, 5.74) is 0.878. The highest BCUT2D eigenvalue weighted by molar-refractivity contribution is 5.90. The van der Waals surface area contributed by atoms with Crippen LogP contribution < -0.4 is 0 Å². The van der Waals surface area contributed by atoms with Crippen molar-refractivity contribution < 1.29 is 24.2 Å². The molecule has 1 aromatic rings. The first-order valence-corrected chi connectivity index (χ1v) is 8.58. The predicted molar refractivity (Wildman–Crippen MR) is 88.7 cm³/mol. The predicted octanol–water partition coefficient (Wildman–Crippen LogP) is 1.86. The Bertz CT molecular complexity index is 648. The fraction of sp³-hybridized carbons (Fsp3) is 0.500. The molecule has 1 N–H and O–H groups in total. The molecule has 25 heavy (non-hydrogen) atoms. The van der Waals surface area contributed by atoms with Gasteiger partial charge in [0, 0.05) is 13.1 Å². The van der Waals surface area contributed by atoms with Gasteiger partial charge in [-0.15, -0.1) is 0 Å². The average Bonchev–Trinajstić information content (AvgIpc) is 3.29. The molecular formula is C18H22N2O5. The average molecular weight is 346 g/mol. The number of hydrogen-bond acceptors (Lipinski definition) is 4. The number of carboxylic acid groups (broad SMARTS) is 1. The van der Waals surface area contributed by atoms with Crippen LogP contribution in [-0.4, -0.2) is 58.0 Å². The lowest BCUT2D eigenvalue weighted by atomic mass is 10.1. The van der Waals surface area contributed by atoms with Crippen LogP contribution in [0.25, 0.3) is 0 Å². The molecule has 0 radical (unpaired) electrons. The first-order chi connectivity index (χ1) is 12.1. The Morgan fingerprint density at radius 2 is 1.64 bits per heavy atom. The van der Waals surface area contributed by atoms with Crippen LogP contribution in [0, 0.1) is 0 Å². The van der Waals surface area contributed by atoms with Crippen molar-refractivity contribution in [2.45, 2.75) is 44.4 Å². The monoisotopic (exact) mass is 346 g/mol. The number of ether oxygens (including phenoxy) is 1. The van der Waals surface area contributed by atoms with Gasteiger partial charge >= 0.3 is 12.1 Å². The molecule has 7 heteroatoms.